The van der Waals surface area contributed by atoms with Crippen LogP contribution in [0.5, 0.6) is 0 Å². The van der Waals surface area contributed by atoms with E-state index in [9.17, 15) is 0 Å². The van der Waals surface area contributed by atoms with Crippen molar-refractivity contribution >= 4 is 16.8 Å². The van der Waals surface area contributed by atoms with Crippen molar-refractivity contribution in [2.45, 2.75) is 12.8 Å². The summed E-state index contributed by atoms with van der Waals surface area (Å²) in [6.45, 7) is 0.931. The van der Waals surface area contributed by atoms with Crippen LogP contribution in [-0.4, -0.2) is 13.6 Å². The van der Waals surface area contributed by atoms with Crippen LogP contribution in [0.4, 0.5) is 5.69 Å². The van der Waals surface area contributed by atoms with Gasteiger partial charge in [0.25, 0.3) is 0 Å². The molecule has 0 fully saturated rings. The molecular weight excluding hydrogens is 388 g/mol. The van der Waals surface area contributed by atoms with Crippen LogP contribution in [0.3, 0.4) is 0 Å². The number of fused-ring (bicyclic) bond motifs is 4. The molecule has 6 rings (SSSR count). The lowest BCUT2D eigenvalue weighted by molar-refractivity contribution is 0.976. The van der Waals surface area contributed by atoms with E-state index in [-0.39, 0.29) is 0 Å². The summed E-state index contributed by atoms with van der Waals surface area (Å²) in [5.41, 5.74) is 10.8. The molecule has 0 saturated heterocycles. The number of benzene rings is 3. The maximum atomic E-state index is 3.13. The van der Waals surface area contributed by atoms with Crippen molar-refractivity contribution in [3.8, 4) is 11.1 Å². The Balaban J connectivity index is 0.000000154. The molecule has 3 aromatic carbocycles. The lowest BCUT2D eigenvalue weighted by Gasteiger charge is -2.25. The Kier molecular flexibility index (Phi) is 5.76. The monoisotopic (exact) mass is 416 g/mol. The molecule has 0 spiro atoms. The summed E-state index contributed by atoms with van der Waals surface area (Å²) in [4.78, 5) is 2.33. The van der Waals surface area contributed by atoms with E-state index in [0.717, 1.165) is 19.4 Å². The van der Waals surface area contributed by atoms with Gasteiger partial charge in [0.2, 0.25) is 0 Å². The molecule has 3 aromatic rings. The van der Waals surface area contributed by atoms with Crippen LogP contribution < -0.4 is 10.2 Å². The predicted octanol–water partition coefficient (Wildman–Crippen LogP) is 7.05. The average Bonchev–Trinajstić information content (AvgIpc) is 2.99. The van der Waals surface area contributed by atoms with Gasteiger partial charge in [-0.3, -0.25) is 0 Å². The molecular formula is C30H28N2. The van der Waals surface area contributed by atoms with Crippen molar-refractivity contribution in [3.05, 3.63) is 126 Å². The number of hydrogen-bond donors (Lipinski definition) is 1. The molecule has 2 heteroatoms. The van der Waals surface area contributed by atoms with Gasteiger partial charge < -0.3 is 10.2 Å². The molecule has 0 amide bonds. The number of hydrogen-bond acceptors (Lipinski definition) is 2. The van der Waals surface area contributed by atoms with Crippen molar-refractivity contribution in [2.24, 2.45) is 0 Å². The molecule has 2 nitrogen and oxygen atoms in total. The van der Waals surface area contributed by atoms with E-state index >= 15 is 0 Å². The molecule has 2 aliphatic heterocycles. The number of para-hydroxylation sites is 1. The van der Waals surface area contributed by atoms with Crippen LogP contribution >= 0.6 is 0 Å². The molecule has 0 radical (unpaired) electrons. The van der Waals surface area contributed by atoms with Crippen LogP contribution in [0.2, 0.25) is 0 Å². The minimum atomic E-state index is 0.931. The number of nitrogens with zero attached hydrogens (tertiary/aromatic N) is 1. The Morgan fingerprint density at radius 3 is 2.25 bits per heavy atom. The third kappa shape index (κ3) is 3.92. The van der Waals surface area contributed by atoms with Crippen molar-refractivity contribution in [1.82, 2.24) is 5.32 Å². The lowest BCUT2D eigenvalue weighted by atomic mass is 9.90. The number of anilines is 1. The highest BCUT2D eigenvalue weighted by Crippen LogP contribution is 2.44. The molecule has 0 unspecified atom stereocenters. The normalized spacial score (nSPS) is 15.9. The van der Waals surface area contributed by atoms with Crippen LogP contribution in [-0.2, 0) is 0 Å². The molecule has 0 bridgehead atoms. The van der Waals surface area contributed by atoms with E-state index in [1.807, 2.05) is 12.3 Å². The Morgan fingerprint density at radius 1 is 0.750 bits per heavy atom. The highest BCUT2D eigenvalue weighted by atomic mass is 15.1. The minimum Gasteiger partial charge on any atom is -0.387 e. The smallest absolute Gasteiger partial charge is 0.0488 e. The molecule has 0 atom stereocenters. The average molecular weight is 417 g/mol. The van der Waals surface area contributed by atoms with Crippen molar-refractivity contribution in [2.75, 3.05) is 18.5 Å². The van der Waals surface area contributed by atoms with E-state index in [1.54, 1.807) is 0 Å². The SMILES string of the molecule is C1=CC(c2ccccc2)=CCN1.CN1C2=C(CCC=C2)c2ccccc2-c2ccccc21. The van der Waals surface area contributed by atoms with Crippen molar-refractivity contribution in [3.63, 3.8) is 0 Å². The van der Waals surface area contributed by atoms with E-state index in [1.165, 1.54) is 44.8 Å². The number of nitrogens with one attached hydrogen (secondary N) is 1. The second kappa shape index (κ2) is 9.15. The van der Waals surface area contributed by atoms with E-state index in [4.69, 9.17) is 0 Å². The maximum absolute atomic E-state index is 3.13. The Labute approximate surface area is 190 Å². The summed E-state index contributed by atoms with van der Waals surface area (Å²) in [7, 11) is 2.18. The van der Waals surface area contributed by atoms with Crippen LogP contribution in [0.15, 0.2) is 115 Å². The summed E-state index contributed by atoms with van der Waals surface area (Å²) in [5, 5.41) is 3.13. The van der Waals surface area contributed by atoms with Gasteiger partial charge in [-0.2, -0.15) is 0 Å². The fourth-order valence-electron chi connectivity index (χ4n) is 4.64. The largest absolute Gasteiger partial charge is 0.387 e. The summed E-state index contributed by atoms with van der Waals surface area (Å²) < 4.78 is 0. The third-order valence-electron chi connectivity index (χ3n) is 6.24. The summed E-state index contributed by atoms with van der Waals surface area (Å²) >= 11 is 0. The Bertz CT molecular complexity index is 1230. The van der Waals surface area contributed by atoms with Gasteiger partial charge in [-0.25, -0.2) is 0 Å². The zero-order valence-electron chi connectivity index (χ0n) is 18.5. The number of allylic oxidation sites excluding steroid dienone is 5. The fraction of sp³-hybridized carbons (Fsp3) is 0.133. The van der Waals surface area contributed by atoms with Crippen molar-refractivity contribution in [1.29, 1.82) is 0 Å². The van der Waals surface area contributed by atoms with Gasteiger partial charge >= 0.3 is 0 Å². The predicted molar refractivity (Wildman–Crippen MR) is 137 cm³/mol. The first-order chi connectivity index (χ1) is 15.8. The van der Waals surface area contributed by atoms with Gasteiger partial charge in [0.05, 0.1) is 0 Å². The van der Waals surface area contributed by atoms with Gasteiger partial charge in [-0.15, -0.1) is 0 Å². The Hall–Kier alpha value is -3.78. The van der Waals surface area contributed by atoms with Gasteiger partial charge in [0.15, 0.2) is 0 Å². The second-order valence-electron chi connectivity index (χ2n) is 8.19. The van der Waals surface area contributed by atoms with Crippen LogP contribution in [0, 0.1) is 0 Å². The zero-order chi connectivity index (χ0) is 21.8. The van der Waals surface area contributed by atoms with E-state index < -0.39 is 0 Å². The highest BCUT2D eigenvalue weighted by Gasteiger charge is 2.23. The number of likely N-dealkylation sites (N-methyl/N-ethyl adjacent to an activating group) is 1. The van der Waals surface area contributed by atoms with Crippen LogP contribution in [0.1, 0.15) is 24.0 Å². The first-order valence-corrected chi connectivity index (χ1v) is 11.3. The standard InChI is InChI=1S/C19H17N.C11H11N/c1-20-18-12-6-4-10-16(18)14-8-2-3-9-15(14)17-11-5-7-13-19(17)20;1-2-4-10(5-3-1)11-6-8-12-9-7-11/h2-4,6-10,12-13H,5,11H2,1H3;1-8,12H,9H2. The first-order valence-electron chi connectivity index (χ1n) is 11.3. The lowest BCUT2D eigenvalue weighted by Crippen LogP contribution is -2.17. The fourth-order valence-corrected chi connectivity index (χ4v) is 4.64. The van der Waals surface area contributed by atoms with Gasteiger partial charge in [-0.1, -0.05) is 84.9 Å². The topological polar surface area (TPSA) is 15.3 Å². The zero-order valence-corrected chi connectivity index (χ0v) is 18.5. The maximum Gasteiger partial charge on any atom is 0.0488 e. The summed E-state index contributed by atoms with van der Waals surface area (Å²) in [6.07, 6.45) is 13.1. The number of rotatable bonds is 1. The van der Waals surface area contributed by atoms with Crippen molar-refractivity contribution < 1.29 is 0 Å². The van der Waals surface area contributed by atoms with Crippen LogP contribution in [0.25, 0.3) is 22.3 Å². The molecule has 32 heavy (non-hydrogen) atoms. The quantitative estimate of drug-likeness (QED) is 0.457. The highest BCUT2D eigenvalue weighted by molar-refractivity contribution is 5.94. The van der Waals surface area contributed by atoms with Gasteiger partial charge in [0.1, 0.15) is 0 Å². The molecule has 3 aliphatic rings. The third-order valence-corrected chi connectivity index (χ3v) is 6.24. The second-order valence-corrected chi connectivity index (χ2v) is 8.19. The molecule has 1 N–H and O–H groups in total. The molecule has 0 saturated carbocycles. The molecule has 0 aromatic heterocycles. The summed E-state index contributed by atoms with van der Waals surface area (Å²) in [5.74, 6) is 0. The number of dihydropyridines is 1. The summed E-state index contributed by atoms with van der Waals surface area (Å²) in [6, 6.07) is 27.9. The van der Waals surface area contributed by atoms with E-state index in [0.29, 0.717) is 0 Å². The first kappa shape index (κ1) is 20.1. The van der Waals surface area contributed by atoms with E-state index in [2.05, 4.69) is 114 Å². The minimum absolute atomic E-state index is 0.931. The Morgan fingerprint density at radius 2 is 1.47 bits per heavy atom. The molecule has 2 heterocycles. The van der Waals surface area contributed by atoms with Gasteiger partial charge in [0, 0.05) is 30.5 Å². The molecule has 1 aliphatic carbocycles. The molecule has 158 valence electrons. The van der Waals surface area contributed by atoms with Gasteiger partial charge in [-0.05, 0) is 65.1 Å².